The number of nitrogens with zero attached hydrogens (tertiary/aromatic N) is 3. The van der Waals surface area contributed by atoms with E-state index in [0.717, 1.165) is 53.1 Å². The van der Waals surface area contributed by atoms with Crippen LogP contribution in [-0.4, -0.2) is 52.3 Å². The van der Waals surface area contributed by atoms with Gasteiger partial charge in [0.1, 0.15) is 12.1 Å². The van der Waals surface area contributed by atoms with E-state index >= 15 is 0 Å². The normalized spacial score (nSPS) is 22.7. The lowest BCUT2D eigenvalue weighted by Gasteiger charge is -2.32. The first kappa shape index (κ1) is 22.2. The highest BCUT2D eigenvalue weighted by Crippen LogP contribution is 2.35. The number of nitrogens with one attached hydrogen (secondary N) is 1. The van der Waals surface area contributed by atoms with Crippen molar-refractivity contribution in [1.29, 1.82) is 0 Å². The summed E-state index contributed by atoms with van der Waals surface area (Å²) in [5.41, 5.74) is 3.22. The van der Waals surface area contributed by atoms with E-state index in [1.54, 1.807) is 23.2 Å². The summed E-state index contributed by atoms with van der Waals surface area (Å²) in [7, 11) is 0. The van der Waals surface area contributed by atoms with Gasteiger partial charge in [0.15, 0.2) is 0 Å². The molecule has 6 rings (SSSR count). The van der Waals surface area contributed by atoms with E-state index in [1.807, 2.05) is 30.3 Å². The van der Waals surface area contributed by atoms with Gasteiger partial charge < -0.3 is 10.2 Å². The minimum absolute atomic E-state index is 0.186. The summed E-state index contributed by atoms with van der Waals surface area (Å²) < 4.78 is 1.19. The quantitative estimate of drug-likeness (QED) is 0.564. The zero-order valence-electron chi connectivity index (χ0n) is 19.8. The molecular formula is C27H28N4O3S. The molecule has 0 saturated carbocycles. The van der Waals surface area contributed by atoms with Crippen LogP contribution >= 0.6 is 11.3 Å². The first-order valence-corrected chi connectivity index (χ1v) is 13.1. The van der Waals surface area contributed by atoms with Crippen LogP contribution in [0.3, 0.4) is 0 Å². The zero-order chi connectivity index (χ0) is 24.2. The standard InChI is InChI=1S/C27H28N4O3S/c1-27(20-10-9-17-5-4-6-19(17)15-20)25(33)31(26(34)29-27)16-23(32)30-13-11-18(12-14-30)24-28-21-7-2-3-8-22(21)35-24/h2-3,7-10,15,18H,4-6,11-14,16H2,1H3,(H,29,34). The third-order valence-corrected chi connectivity index (χ3v) is 8.95. The molecule has 1 aliphatic carbocycles. The van der Waals surface area contributed by atoms with Crippen LogP contribution in [0, 0.1) is 0 Å². The summed E-state index contributed by atoms with van der Waals surface area (Å²) in [5.74, 6) is -0.219. The third-order valence-electron chi connectivity index (χ3n) is 7.75. The summed E-state index contributed by atoms with van der Waals surface area (Å²) in [4.78, 5) is 46.8. The summed E-state index contributed by atoms with van der Waals surface area (Å²) in [5, 5.41) is 3.97. The van der Waals surface area contributed by atoms with Crippen molar-refractivity contribution in [1.82, 2.24) is 20.1 Å². The first-order valence-electron chi connectivity index (χ1n) is 12.3. The number of hydrogen-bond donors (Lipinski definition) is 1. The number of aryl methyl sites for hydroxylation is 2. The number of carbonyl (C=O) groups is 3. The molecule has 3 heterocycles. The Balaban J connectivity index is 1.11. The van der Waals surface area contributed by atoms with E-state index in [-0.39, 0.29) is 18.4 Å². The van der Waals surface area contributed by atoms with Gasteiger partial charge in [0, 0.05) is 19.0 Å². The number of aromatic nitrogens is 1. The van der Waals surface area contributed by atoms with E-state index < -0.39 is 11.6 Å². The molecule has 1 N–H and O–H groups in total. The molecule has 2 aliphatic heterocycles. The second kappa shape index (κ2) is 8.45. The van der Waals surface area contributed by atoms with Gasteiger partial charge in [0.05, 0.1) is 15.2 Å². The summed E-state index contributed by atoms with van der Waals surface area (Å²) in [6.07, 6.45) is 4.84. The van der Waals surface area contributed by atoms with E-state index in [2.05, 4.69) is 17.4 Å². The molecule has 0 spiro atoms. The maximum Gasteiger partial charge on any atom is 0.325 e. The molecule has 0 bridgehead atoms. The van der Waals surface area contributed by atoms with Gasteiger partial charge >= 0.3 is 6.03 Å². The number of para-hydroxylation sites is 1. The summed E-state index contributed by atoms with van der Waals surface area (Å²) in [6, 6.07) is 13.7. The fourth-order valence-corrected chi connectivity index (χ4v) is 6.73. The predicted octanol–water partition coefficient (Wildman–Crippen LogP) is 3.96. The van der Waals surface area contributed by atoms with Crippen LogP contribution in [0.1, 0.15) is 53.8 Å². The van der Waals surface area contributed by atoms with Crippen LogP contribution in [0.2, 0.25) is 0 Å². The smallest absolute Gasteiger partial charge is 0.325 e. The Hall–Kier alpha value is -3.26. The lowest BCUT2D eigenvalue weighted by Crippen LogP contribution is -2.46. The van der Waals surface area contributed by atoms with Crippen LogP contribution < -0.4 is 5.32 Å². The van der Waals surface area contributed by atoms with Gasteiger partial charge in [-0.05, 0) is 67.9 Å². The number of likely N-dealkylation sites (tertiary alicyclic amines) is 1. The minimum atomic E-state index is -1.14. The van der Waals surface area contributed by atoms with Crippen LogP contribution in [0.5, 0.6) is 0 Å². The van der Waals surface area contributed by atoms with Crippen molar-refractivity contribution in [2.45, 2.75) is 50.5 Å². The van der Waals surface area contributed by atoms with Gasteiger partial charge in [-0.1, -0.05) is 30.3 Å². The van der Waals surface area contributed by atoms with E-state index in [9.17, 15) is 14.4 Å². The van der Waals surface area contributed by atoms with E-state index in [1.165, 1.54) is 15.8 Å². The fourth-order valence-electron chi connectivity index (χ4n) is 5.59. The highest BCUT2D eigenvalue weighted by Gasteiger charge is 2.50. The minimum Gasteiger partial charge on any atom is -0.341 e. The molecule has 3 aliphatic rings. The molecule has 1 unspecified atom stereocenters. The predicted molar refractivity (Wildman–Crippen MR) is 134 cm³/mol. The number of carbonyl (C=O) groups excluding carboxylic acids is 3. The lowest BCUT2D eigenvalue weighted by molar-refractivity contribution is -0.139. The molecule has 1 atom stereocenters. The molecule has 2 saturated heterocycles. The van der Waals surface area contributed by atoms with Crippen molar-refractivity contribution >= 4 is 39.4 Å². The van der Waals surface area contributed by atoms with Gasteiger partial charge in [-0.3, -0.25) is 14.5 Å². The Bertz CT molecular complexity index is 1310. The van der Waals surface area contributed by atoms with Crippen LogP contribution in [0.25, 0.3) is 10.2 Å². The second-order valence-corrected chi connectivity index (χ2v) is 11.0. The number of benzene rings is 2. The second-order valence-electron chi connectivity index (χ2n) is 9.96. The summed E-state index contributed by atoms with van der Waals surface area (Å²) >= 11 is 1.72. The summed E-state index contributed by atoms with van der Waals surface area (Å²) in [6.45, 7) is 2.71. The molecule has 1 aromatic heterocycles. The maximum absolute atomic E-state index is 13.3. The SMILES string of the molecule is CC1(c2ccc3c(c2)CCC3)NC(=O)N(CC(=O)N2CCC(c3nc4ccccc4s3)CC2)C1=O. The molecule has 2 fully saturated rings. The van der Waals surface area contributed by atoms with Crippen molar-refractivity contribution in [3.63, 3.8) is 0 Å². The fraction of sp³-hybridized carbons (Fsp3) is 0.407. The van der Waals surface area contributed by atoms with Crippen LogP contribution in [0.4, 0.5) is 4.79 Å². The Morgan fingerprint density at radius 3 is 2.69 bits per heavy atom. The maximum atomic E-state index is 13.3. The van der Waals surface area contributed by atoms with E-state index in [0.29, 0.717) is 19.0 Å². The van der Waals surface area contributed by atoms with Gasteiger partial charge in [0.2, 0.25) is 5.91 Å². The molecule has 35 heavy (non-hydrogen) atoms. The molecule has 3 aromatic rings. The highest BCUT2D eigenvalue weighted by molar-refractivity contribution is 7.18. The largest absolute Gasteiger partial charge is 0.341 e. The number of amides is 4. The Kier molecular flexibility index (Phi) is 5.36. The van der Waals surface area contributed by atoms with Crippen molar-refractivity contribution < 1.29 is 14.4 Å². The molecule has 7 nitrogen and oxygen atoms in total. The Morgan fingerprint density at radius 1 is 1.11 bits per heavy atom. The number of imide groups is 1. The molecule has 0 radical (unpaired) electrons. The molecule has 2 aromatic carbocycles. The number of fused-ring (bicyclic) bond motifs is 2. The monoisotopic (exact) mass is 488 g/mol. The van der Waals surface area contributed by atoms with Gasteiger partial charge in [-0.25, -0.2) is 9.78 Å². The molecule has 4 amide bonds. The average Bonchev–Trinajstić information content (AvgIpc) is 3.57. The van der Waals surface area contributed by atoms with Gasteiger partial charge in [-0.2, -0.15) is 0 Å². The molecular weight excluding hydrogens is 460 g/mol. The van der Waals surface area contributed by atoms with Crippen molar-refractivity contribution in [2.24, 2.45) is 0 Å². The zero-order valence-corrected chi connectivity index (χ0v) is 20.6. The first-order chi connectivity index (χ1) is 16.9. The number of thiazole rings is 1. The van der Waals surface area contributed by atoms with Crippen molar-refractivity contribution in [3.8, 4) is 0 Å². The highest BCUT2D eigenvalue weighted by atomic mass is 32.1. The lowest BCUT2D eigenvalue weighted by atomic mass is 9.89. The van der Waals surface area contributed by atoms with Crippen LogP contribution in [-0.2, 0) is 28.0 Å². The third kappa shape index (κ3) is 3.80. The van der Waals surface area contributed by atoms with Crippen LogP contribution in [0.15, 0.2) is 42.5 Å². The number of hydrogen-bond acceptors (Lipinski definition) is 5. The van der Waals surface area contributed by atoms with E-state index in [4.69, 9.17) is 4.98 Å². The molecule has 8 heteroatoms. The number of rotatable bonds is 4. The topological polar surface area (TPSA) is 82.6 Å². The number of urea groups is 1. The Morgan fingerprint density at radius 2 is 1.89 bits per heavy atom. The molecule has 180 valence electrons. The van der Waals surface area contributed by atoms with Crippen molar-refractivity contribution in [3.05, 3.63) is 64.2 Å². The number of piperidine rings is 1. The average molecular weight is 489 g/mol. The van der Waals surface area contributed by atoms with Gasteiger partial charge in [-0.15, -0.1) is 11.3 Å². The van der Waals surface area contributed by atoms with Crippen molar-refractivity contribution in [2.75, 3.05) is 19.6 Å². The van der Waals surface area contributed by atoms with Gasteiger partial charge in [0.25, 0.3) is 5.91 Å². The Labute approximate surface area is 208 Å².